The fourth-order valence-corrected chi connectivity index (χ4v) is 21.8. The van der Waals surface area contributed by atoms with E-state index in [0.29, 0.717) is 0 Å². The summed E-state index contributed by atoms with van der Waals surface area (Å²) in [5.41, 5.74) is 3.59. The predicted molar refractivity (Wildman–Crippen MR) is 233 cm³/mol. The van der Waals surface area contributed by atoms with Crippen molar-refractivity contribution in [3.8, 4) is 0 Å². The van der Waals surface area contributed by atoms with Gasteiger partial charge in [0.05, 0.1) is 10.4 Å². The van der Waals surface area contributed by atoms with Gasteiger partial charge in [0.2, 0.25) is 0 Å². The SMILES string of the molecule is c1ccc(N(c2ccc3c(c2)[Si]2(c4ccccc4Sc4ccccc42)c2ccccc2[Si]3c2ccccc2)c2cccc3c2sc2ccccc23)cc1. The first-order valence-electron chi connectivity index (χ1n) is 18.1. The molecule has 0 bridgehead atoms. The molecule has 0 amide bonds. The number of hydrogen-bond acceptors (Lipinski definition) is 3. The van der Waals surface area contributed by atoms with Gasteiger partial charge >= 0.3 is 0 Å². The minimum absolute atomic E-state index is 1.16. The maximum atomic E-state index is 2.62. The van der Waals surface area contributed by atoms with Crippen molar-refractivity contribution in [1.82, 2.24) is 0 Å². The summed E-state index contributed by atoms with van der Waals surface area (Å²) in [7, 11) is -4.13. The first-order chi connectivity index (χ1) is 26.3. The molecule has 0 fully saturated rings. The maximum Gasteiger partial charge on any atom is 0.181 e. The standard InChI is InChI=1S/C48H32NS2Si2/c1-3-16-33(17-4-1)49(38-22-15-21-37-36-20-7-8-23-39(36)51-48(37)38)34-30-31-43-47(32-34)53(44-27-12-9-24-40(44)50-41-25-10-13-28-45(41)53)46-29-14-11-26-42(46)52(43)35-18-5-2-6-19-35/h1-32H. The van der Waals surface area contributed by atoms with Gasteiger partial charge in [0.25, 0.3) is 0 Å². The minimum Gasteiger partial charge on any atom is -0.309 e. The fourth-order valence-electron chi connectivity index (χ4n) is 8.92. The Labute approximate surface area is 320 Å². The smallest absolute Gasteiger partial charge is 0.181 e. The largest absolute Gasteiger partial charge is 0.309 e. The molecule has 11 rings (SSSR count). The zero-order valence-electron chi connectivity index (χ0n) is 28.7. The minimum atomic E-state index is -2.81. The third-order valence-corrected chi connectivity index (χ3v) is 22.1. The number of fused-ring (bicyclic) bond motifs is 11. The van der Waals surface area contributed by atoms with Crippen LogP contribution in [-0.4, -0.2) is 16.9 Å². The molecule has 0 atom stereocenters. The van der Waals surface area contributed by atoms with Crippen LogP contribution in [0.3, 0.4) is 0 Å². The second-order valence-electron chi connectivity index (χ2n) is 13.8. The first kappa shape index (κ1) is 31.1. The Morgan fingerprint density at radius 3 is 1.81 bits per heavy atom. The Kier molecular flexibility index (Phi) is 7.24. The van der Waals surface area contributed by atoms with Crippen LogP contribution in [0, 0.1) is 0 Å². The number of nitrogens with zero attached hydrogens (tertiary/aromatic N) is 1. The Balaban J connectivity index is 1.26. The molecule has 2 aliphatic rings. The van der Waals surface area contributed by atoms with Crippen molar-refractivity contribution in [2.75, 3.05) is 4.90 Å². The molecule has 1 nitrogen and oxygen atoms in total. The average Bonchev–Trinajstić information content (AvgIpc) is 3.61. The lowest BCUT2D eigenvalue weighted by Gasteiger charge is -2.46. The highest BCUT2D eigenvalue weighted by atomic mass is 32.2. The van der Waals surface area contributed by atoms with E-state index in [1.807, 2.05) is 23.1 Å². The molecule has 0 unspecified atom stereocenters. The third-order valence-electron chi connectivity index (χ3n) is 11.0. The van der Waals surface area contributed by atoms with Crippen LogP contribution >= 0.6 is 23.1 Å². The van der Waals surface area contributed by atoms with E-state index in [2.05, 4.69) is 199 Å². The number of benzene rings is 8. The van der Waals surface area contributed by atoms with Gasteiger partial charge in [0.15, 0.2) is 16.9 Å². The van der Waals surface area contributed by atoms with E-state index < -0.39 is 16.9 Å². The van der Waals surface area contributed by atoms with Crippen molar-refractivity contribution < 1.29 is 0 Å². The van der Waals surface area contributed by atoms with Crippen LogP contribution in [0.1, 0.15) is 0 Å². The van der Waals surface area contributed by atoms with Crippen molar-refractivity contribution in [2.45, 2.75) is 9.79 Å². The summed E-state index contributed by atoms with van der Waals surface area (Å²) >= 11 is 3.83. The number of rotatable bonds is 4. The molecule has 0 aliphatic carbocycles. The van der Waals surface area contributed by atoms with Crippen molar-refractivity contribution >= 4 is 114 Å². The summed E-state index contributed by atoms with van der Waals surface area (Å²) < 4.78 is 2.63. The number of hydrogen-bond donors (Lipinski definition) is 0. The van der Waals surface area contributed by atoms with Gasteiger partial charge in [-0.05, 0) is 69.3 Å². The van der Waals surface area contributed by atoms with E-state index >= 15 is 0 Å². The van der Waals surface area contributed by atoms with Gasteiger partial charge in [-0.2, -0.15) is 0 Å². The summed E-state index contributed by atoms with van der Waals surface area (Å²) in [5, 5.41) is 13.2. The van der Waals surface area contributed by atoms with Crippen molar-refractivity contribution in [3.05, 3.63) is 194 Å². The predicted octanol–water partition coefficient (Wildman–Crippen LogP) is 8.20. The Bertz CT molecular complexity index is 2800. The van der Waals surface area contributed by atoms with Crippen LogP contribution < -0.4 is 41.2 Å². The summed E-state index contributed by atoms with van der Waals surface area (Å²) in [5.74, 6) is 0. The molecule has 53 heavy (non-hydrogen) atoms. The van der Waals surface area contributed by atoms with Crippen molar-refractivity contribution in [3.63, 3.8) is 0 Å². The van der Waals surface area contributed by atoms with Crippen molar-refractivity contribution in [2.24, 2.45) is 0 Å². The molecule has 3 heterocycles. The molecule has 249 valence electrons. The van der Waals surface area contributed by atoms with E-state index in [-0.39, 0.29) is 0 Å². The van der Waals surface area contributed by atoms with Gasteiger partial charge in [0, 0.05) is 36.6 Å². The van der Waals surface area contributed by atoms with Gasteiger partial charge in [-0.1, -0.05) is 173 Å². The summed E-state index contributed by atoms with van der Waals surface area (Å²) in [4.78, 5) is 5.29. The van der Waals surface area contributed by atoms with Gasteiger partial charge < -0.3 is 4.90 Å². The molecule has 2 aliphatic heterocycles. The fraction of sp³-hybridized carbons (Fsp3) is 0. The zero-order chi connectivity index (χ0) is 34.9. The highest BCUT2D eigenvalue weighted by Crippen LogP contribution is 2.44. The van der Waals surface area contributed by atoms with E-state index in [0.717, 1.165) is 5.69 Å². The van der Waals surface area contributed by atoms with Gasteiger partial charge in [-0.25, -0.2) is 0 Å². The molecule has 5 heteroatoms. The summed E-state index contributed by atoms with van der Waals surface area (Å²) in [6.07, 6.45) is 0. The molecule has 1 spiro atoms. The van der Waals surface area contributed by atoms with E-state index in [1.54, 1.807) is 5.19 Å². The highest BCUT2D eigenvalue weighted by molar-refractivity contribution is 8.00. The molecule has 0 saturated heterocycles. The van der Waals surface area contributed by atoms with Crippen LogP contribution in [0.4, 0.5) is 17.1 Å². The van der Waals surface area contributed by atoms with Gasteiger partial charge in [0.1, 0.15) is 0 Å². The quantitative estimate of drug-likeness (QED) is 0.168. The molecular weight excluding hydrogens is 711 g/mol. The molecule has 0 saturated carbocycles. The van der Waals surface area contributed by atoms with Crippen molar-refractivity contribution in [1.29, 1.82) is 0 Å². The Hall–Kier alpha value is -5.44. The maximum absolute atomic E-state index is 2.81. The lowest BCUT2D eigenvalue weighted by molar-refractivity contribution is 1.31. The molecule has 8 aromatic carbocycles. The monoisotopic (exact) mass is 742 g/mol. The third kappa shape index (κ3) is 4.61. The van der Waals surface area contributed by atoms with Gasteiger partial charge in [-0.3, -0.25) is 0 Å². The second-order valence-corrected chi connectivity index (χ2v) is 22.0. The molecule has 1 aromatic heterocycles. The van der Waals surface area contributed by atoms with Crippen LogP contribution in [-0.2, 0) is 0 Å². The highest BCUT2D eigenvalue weighted by Gasteiger charge is 2.53. The van der Waals surface area contributed by atoms with E-state index in [9.17, 15) is 0 Å². The topological polar surface area (TPSA) is 3.24 Å². The van der Waals surface area contributed by atoms with Crippen LogP contribution in [0.15, 0.2) is 204 Å². The van der Waals surface area contributed by atoms with Crippen LogP contribution in [0.25, 0.3) is 20.2 Å². The normalized spacial score (nSPS) is 14.0. The second kappa shape index (κ2) is 12.3. The summed E-state index contributed by atoms with van der Waals surface area (Å²) in [6.45, 7) is 0. The number of para-hydroxylation sites is 1. The lowest BCUT2D eigenvalue weighted by Crippen LogP contribution is -2.87. The van der Waals surface area contributed by atoms with E-state index in [1.165, 1.54) is 72.5 Å². The number of thiophene rings is 1. The Morgan fingerprint density at radius 1 is 0.434 bits per heavy atom. The zero-order valence-corrected chi connectivity index (χ0v) is 32.4. The number of anilines is 3. The van der Waals surface area contributed by atoms with E-state index in [4.69, 9.17) is 0 Å². The summed E-state index contributed by atoms with van der Waals surface area (Å²) in [6, 6.07) is 73.6. The molecule has 9 aromatic rings. The van der Waals surface area contributed by atoms with Gasteiger partial charge in [-0.15, -0.1) is 11.3 Å². The first-order valence-corrected chi connectivity index (χ1v) is 23.2. The molecule has 1 radical (unpaired) electrons. The average molecular weight is 743 g/mol. The van der Waals surface area contributed by atoms with Crippen LogP contribution in [0.2, 0.25) is 0 Å². The molecular formula is C48H32NS2Si2. The molecule has 0 N–H and O–H groups in total. The van der Waals surface area contributed by atoms with Crippen LogP contribution in [0.5, 0.6) is 0 Å². The lowest BCUT2D eigenvalue weighted by atomic mass is 10.1. The Morgan fingerprint density at radius 2 is 1.04 bits per heavy atom.